The standard InChI is InChI=1S/C17H26O3/c1-4-6-9-15(5-2)20-12-7-8-14-10-11-16(18)17(13-14)19-3/h7-8,10-11,13,15,18H,4-6,9,12H2,1-3H3/b8-7+. The predicted octanol–water partition coefficient (Wildman–Crippen LogP) is 4.40. The molecule has 0 saturated carbocycles. The number of benzene rings is 1. The van der Waals surface area contributed by atoms with Gasteiger partial charge < -0.3 is 14.6 Å². The zero-order valence-electron chi connectivity index (χ0n) is 12.8. The van der Waals surface area contributed by atoms with Crippen LogP contribution in [0.3, 0.4) is 0 Å². The molecule has 0 bridgehead atoms. The van der Waals surface area contributed by atoms with Gasteiger partial charge in [0.2, 0.25) is 0 Å². The van der Waals surface area contributed by atoms with Crippen molar-refractivity contribution in [1.82, 2.24) is 0 Å². The van der Waals surface area contributed by atoms with E-state index in [4.69, 9.17) is 9.47 Å². The Kier molecular flexibility index (Phi) is 7.81. The van der Waals surface area contributed by atoms with Crippen LogP contribution in [0.5, 0.6) is 11.5 Å². The Labute approximate surface area is 122 Å². The Hall–Kier alpha value is -1.48. The molecule has 0 aliphatic rings. The molecule has 3 heteroatoms. The maximum atomic E-state index is 9.52. The highest BCUT2D eigenvalue weighted by atomic mass is 16.5. The Morgan fingerprint density at radius 3 is 2.75 bits per heavy atom. The van der Waals surface area contributed by atoms with E-state index >= 15 is 0 Å². The number of hydrogen-bond acceptors (Lipinski definition) is 3. The van der Waals surface area contributed by atoms with Crippen LogP contribution in [-0.4, -0.2) is 24.9 Å². The molecule has 20 heavy (non-hydrogen) atoms. The van der Waals surface area contributed by atoms with Crippen molar-refractivity contribution in [2.45, 2.75) is 45.6 Å². The van der Waals surface area contributed by atoms with E-state index in [9.17, 15) is 5.11 Å². The fourth-order valence-corrected chi connectivity index (χ4v) is 2.01. The topological polar surface area (TPSA) is 38.7 Å². The first-order valence-electron chi connectivity index (χ1n) is 7.36. The number of ether oxygens (including phenoxy) is 2. The SMILES string of the molecule is CCCCC(CC)OC/C=C/c1ccc(O)c(OC)c1. The molecule has 0 aromatic heterocycles. The van der Waals surface area contributed by atoms with Gasteiger partial charge in [-0.1, -0.05) is 44.9 Å². The van der Waals surface area contributed by atoms with Crippen molar-refractivity contribution in [2.24, 2.45) is 0 Å². The van der Waals surface area contributed by atoms with Crippen molar-refractivity contribution in [3.8, 4) is 11.5 Å². The molecule has 1 unspecified atom stereocenters. The van der Waals surface area contributed by atoms with Crippen LogP contribution in [0.4, 0.5) is 0 Å². The molecule has 0 radical (unpaired) electrons. The van der Waals surface area contributed by atoms with Crippen molar-refractivity contribution in [3.63, 3.8) is 0 Å². The lowest BCUT2D eigenvalue weighted by atomic mass is 10.1. The fourth-order valence-electron chi connectivity index (χ4n) is 2.01. The number of unbranched alkanes of at least 4 members (excludes halogenated alkanes) is 1. The molecule has 0 saturated heterocycles. The Morgan fingerprint density at radius 2 is 2.10 bits per heavy atom. The minimum absolute atomic E-state index is 0.159. The normalized spacial score (nSPS) is 12.8. The second-order valence-electron chi connectivity index (χ2n) is 4.84. The van der Waals surface area contributed by atoms with Crippen molar-refractivity contribution in [1.29, 1.82) is 0 Å². The van der Waals surface area contributed by atoms with Crippen molar-refractivity contribution in [2.75, 3.05) is 13.7 Å². The number of rotatable bonds is 9. The van der Waals surface area contributed by atoms with Crippen LogP contribution in [-0.2, 0) is 4.74 Å². The zero-order chi connectivity index (χ0) is 14.8. The van der Waals surface area contributed by atoms with Crippen LogP contribution < -0.4 is 4.74 Å². The van der Waals surface area contributed by atoms with E-state index in [1.54, 1.807) is 19.2 Å². The average molecular weight is 278 g/mol. The van der Waals surface area contributed by atoms with Crippen LogP contribution in [0, 0.1) is 0 Å². The summed E-state index contributed by atoms with van der Waals surface area (Å²) in [4.78, 5) is 0. The summed E-state index contributed by atoms with van der Waals surface area (Å²) in [5, 5.41) is 9.52. The van der Waals surface area contributed by atoms with Gasteiger partial charge in [-0.15, -0.1) is 0 Å². The number of phenolic OH excluding ortho intramolecular Hbond substituents is 1. The van der Waals surface area contributed by atoms with Crippen LogP contribution in [0.15, 0.2) is 24.3 Å². The summed E-state index contributed by atoms with van der Waals surface area (Å²) in [6.45, 7) is 4.98. The molecular weight excluding hydrogens is 252 g/mol. The third-order valence-corrected chi connectivity index (χ3v) is 3.28. The number of aromatic hydroxyl groups is 1. The van der Waals surface area contributed by atoms with Crippen molar-refractivity contribution >= 4 is 6.08 Å². The minimum atomic E-state index is 0.159. The highest BCUT2D eigenvalue weighted by Crippen LogP contribution is 2.26. The molecule has 0 spiro atoms. The third kappa shape index (κ3) is 5.66. The number of phenols is 1. The first-order chi connectivity index (χ1) is 9.71. The predicted molar refractivity (Wildman–Crippen MR) is 83.2 cm³/mol. The van der Waals surface area contributed by atoms with Crippen LogP contribution in [0.1, 0.15) is 45.1 Å². The molecule has 1 atom stereocenters. The number of hydrogen-bond donors (Lipinski definition) is 1. The smallest absolute Gasteiger partial charge is 0.161 e. The molecule has 0 aliphatic carbocycles. The summed E-state index contributed by atoms with van der Waals surface area (Å²) in [6, 6.07) is 5.29. The molecule has 0 fully saturated rings. The van der Waals surface area contributed by atoms with Gasteiger partial charge in [-0.25, -0.2) is 0 Å². The summed E-state index contributed by atoms with van der Waals surface area (Å²) < 4.78 is 10.9. The largest absolute Gasteiger partial charge is 0.504 e. The Bertz CT molecular complexity index is 413. The van der Waals surface area contributed by atoms with Gasteiger partial charge >= 0.3 is 0 Å². The average Bonchev–Trinajstić information content (AvgIpc) is 2.48. The molecule has 112 valence electrons. The van der Waals surface area contributed by atoms with Gasteiger partial charge in [-0.05, 0) is 30.5 Å². The van der Waals surface area contributed by atoms with E-state index in [0.29, 0.717) is 18.5 Å². The summed E-state index contributed by atoms with van der Waals surface area (Å²) in [5.74, 6) is 0.647. The van der Waals surface area contributed by atoms with E-state index in [1.807, 2.05) is 18.2 Å². The van der Waals surface area contributed by atoms with Gasteiger partial charge in [-0.3, -0.25) is 0 Å². The summed E-state index contributed by atoms with van der Waals surface area (Å²) in [6.07, 6.45) is 8.96. The molecule has 1 aromatic rings. The summed E-state index contributed by atoms with van der Waals surface area (Å²) >= 11 is 0. The van der Waals surface area contributed by atoms with E-state index in [0.717, 1.165) is 18.4 Å². The van der Waals surface area contributed by atoms with Crippen molar-refractivity contribution < 1.29 is 14.6 Å². The zero-order valence-corrected chi connectivity index (χ0v) is 12.8. The maximum absolute atomic E-state index is 9.52. The van der Waals surface area contributed by atoms with E-state index < -0.39 is 0 Å². The third-order valence-electron chi connectivity index (χ3n) is 3.28. The Balaban J connectivity index is 2.44. The first-order valence-corrected chi connectivity index (χ1v) is 7.36. The van der Waals surface area contributed by atoms with Crippen molar-refractivity contribution in [3.05, 3.63) is 29.8 Å². The summed E-state index contributed by atoms with van der Waals surface area (Å²) in [5.41, 5.74) is 0.991. The van der Waals surface area contributed by atoms with Gasteiger partial charge in [0, 0.05) is 0 Å². The second-order valence-corrected chi connectivity index (χ2v) is 4.84. The van der Waals surface area contributed by atoms with E-state index in [1.165, 1.54) is 12.8 Å². The maximum Gasteiger partial charge on any atom is 0.161 e. The summed E-state index contributed by atoms with van der Waals surface area (Å²) in [7, 11) is 1.55. The molecule has 0 aliphatic heterocycles. The lowest BCUT2D eigenvalue weighted by Crippen LogP contribution is -2.11. The van der Waals surface area contributed by atoms with Crippen LogP contribution >= 0.6 is 0 Å². The molecule has 0 amide bonds. The fraction of sp³-hybridized carbons (Fsp3) is 0.529. The monoisotopic (exact) mass is 278 g/mol. The lowest BCUT2D eigenvalue weighted by Gasteiger charge is -2.14. The molecule has 3 nitrogen and oxygen atoms in total. The van der Waals surface area contributed by atoms with E-state index in [2.05, 4.69) is 13.8 Å². The van der Waals surface area contributed by atoms with Gasteiger partial charge in [0.15, 0.2) is 11.5 Å². The molecule has 1 N–H and O–H groups in total. The van der Waals surface area contributed by atoms with Gasteiger partial charge in [0.1, 0.15) is 0 Å². The Morgan fingerprint density at radius 1 is 1.30 bits per heavy atom. The molecule has 0 heterocycles. The van der Waals surface area contributed by atoms with E-state index in [-0.39, 0.29) is 5.75 Å². The molecule has 1 rings (SSSR count). The molecular formula is C17H26O3. The quantitative estimate of drug-likeness (QED) is 0.727. The highest BCUT2D eigenvalue weighted by molar-refractivity contribution is 5.55. The van der Waals surface area contributed by atoms with Gasteiger partial charge in [0.25, 0.3) is 0 Å². The number of methoxy groups -OCH3 is 1. The lowest BCUT2D eigenvalue weighted by molar-refractivity contribution is 0.0637. The minimum Gasteiger partial charge on any atom is -0.504 e. The van der Waals surface area contributed by atoms with Crippen LogP contribution in [0.25, 0.3) is 6.08 Å². The first kappa shape index (κ1) is 16.6. The van der Waals surface area contributed by atoms with Gasteiger partial charge in [-0.2, -0.15) is 0 Å². The van der Waals surface area contributed by atoms with Crippen LogP contribution in [0.2, 0.25) is 0 Å². The highest BCUT2D eigenvalue weighted by Gasteiger charge is 2.04. The molecule has 1 aromatic carbocycles. The second kappa shape index (κ2) is 9.43. The van der Waals surface area contributed by atoms with Gasteiger partial charge in [0.05, 0.1) is 19.8 Å².